The first kappa shape index (κ1) is 22.6. The van der Waals surface area contributed by atoms with Crippen molar-refractivity contribution in [1.82, 2.24) is 28.7 Å². The number of pyridine rings is 4. The fourth-order valence-corrected chi connectivity index (χ4v) is 6.63. The third-order valence-corrected chi connectivity index (χ3v) is 8.48. The Balaban J connectivity index is 1.20. The van der Waals surface area contributed by atoms with Crippen LogP contribution in [0.15, 0.2) is 122 Å². The average molecular weight is 553 g/mol. The number of fused-ring (bicyclic) bond motifs is 16. The van der Waals surface area contributed by atoms with Crippen molar-refractivity contribution < 1.29 is 4.74 Å². The summed E-state index contributed by atoms with van der Waals surface area (Å²) in [5.41, 5.74) is 7.97. The highest BCUT2D eigenvalue weighted by Gasteiger charge is 2.17. The fourth-order valence-electron chi connectivity index (χ4n) is 6.63. The van der Waals surface area contributed by atoms with Crippen LogP contribution in [0.25, 0.3) is 76.7 Å². The lowest BCUT2D eigenvalue weighted by Gasteiger charge is -2.12. The first-order valence-corrected chi connectivity index (χ1v) is 14.1. The third kappa shape index (κ3) is 3.08. The summed E-state index contributed by atoms with van der Waals surface area (Å²) in [5, 5.41) is 6.32. The van der Waals surface area contributed by atoms with Crippen LogP contribution in [-0.2, 0) is 0 Å². The molecule has 7 nitrogen and oxygen atoms in total. The zero-order valence-electron chi connectivity index (χ0n) is 22.6. The molecule has 10 aromatic rings. The van der Waals surface area contributed by atoms with Gasteiger partial charge in [0.2, 0.25) is 0 Å². The van der Waals surface area contributed by atoms with Crippen LogP contribution in [0.1, 0.15) is 0 Å². The van der Waals surface area contributed by atoms with Gasteiger partial charge < -0.3 is 4.74 Å². The summed E-state index contributed by atoms with van der Waals surface area (Å²) < 4.78 is 11.0. The molecule has 200 valence electrons. The molecule has 10 rings (SSSR count). The zero-order chi connectivity index (χ0) is 28.1. The van der Waals surface area contributed by atoms with Crippen LogP contribution in [0.4, 0.5) is 0 Å². The summed E-state index contributed by atoms with van der Waals surface area (Å²) >= 11 is 0. The van der Waals surface area contributed by atoms with E-state index in [0.29, 0.717) is 0 Å². The van der Waals surface area contributed by atoms with Gasteiger partial charge in [-0.2, -0.15) is 0 Å². The van der Waals surface area contributed by atoms with Crippen LogP contribution in [0, 0.1) is 0 Å². The van der Waals surface area contributed by atoms with Gasteiger partial charge in [-0.15, -0.1) is 0 Å². The number of rotatable bonds is 2. The Morgan fingerprint density at radius 3 is 1.44 bits per heavy atom. The van der Waals surface area contributed by atoms with Crippen LogP contribution in [0.2, 0.25) is 0 Å². The van der Waals surface area contributed by atoms with Gasteiger partial charge in [-0.3, -0.25) is 18.8 Å². The highest BCUT2D eigenvalue weighted by atomic mass is 16.5. The monoisotopic (exact) mass is 552 g/mol. The quantitative estimate of drug-likeness (QED) is 0.201. The summed E-state index contributed by atoms with van der Waals surface area (Å²) in [5.74, 6) is 1.46. The molecule has 0 radical (unpaired) electrons. The summed E-state index contributed by atoms with van der Waals surface area (Å²) in [6.07, 6.45) is 7.51. The van der Waals surface area contributed by atoms with Gasteiger partial charge in [0, 0.05) is 46.3 Å². The number of imidazole rings is 2. The molecule has 7 heteroatoms. The highest BCUT2D eigenvalue weighted by Crippen LogP contribution is 2.37. The van der Waals surface area contributed by atoms with Crippen molar-refractivity contribution in [3.63, 3.8) is 0 Å². The van der Waals surface area contributed by atoms with Crippen LogP contribution in [-0.4, -0.2) is 28.7 Å². The van der Waals surface area contributed by atoms with Crippen LogP contribution >= 0.6 is 0 Å². The van der Waals surface area contributed by atoms with Crippen LogP contribution < -0.4 is 4.74 Å². The van der Waals surface area contributed by atoms with Gasteiger partial charge in [0.15, 0.2) is 0 Å². The van der Waals surface area contributed by atoms with Gasteiger partial charge in [0.1, 0.15) is 22.8 Å². The van der Waals surface area contributed by atoms with E-state index in [4.69, 9.17) is 14.7 Å². The van der Waals surface area contributed by atoms with Gasteiger partial charge in [0.25, 0.3) is 0 Å². The molecule has 0 aliphatic carbocycles. The van der Waals surface area contributed by atoms with Crippen molar-refractivity contribution in [3.05, 3.63) is 122 Å². The summed E-state index contributed by atoms with van der Waals surface area (Å²) in [6.45, 7) is 0. The molecule has 0 amide bonds. The summed E-state index contributed by atoms with van der Waals surface area (Å²) in [7, 11) is 0. The lowest BCUT2D eigenvalue weighted by atomic mass is 10.1. The molecule has 0 saturated carbocycles. The first-order chi connectivity index (χ1) is 21.3. The number of benzene rings is 4. The van der Waals surface area contributed by atoms with Crippen molar-refractivity contribution in [2.75, 3.05) is 0 Å². The predicted molar refractivity (Wildman–Crippen MR) is 171 cm³/mol. The Hall–Kier alpha value is -6.08. The Labute approximate surface area is 243 Å². The molecule has 0 saturated heterocycles. The first-order valence-electron chi connectivity index (χ1n) is 14.1. The van der Waals surface area contributed by atoms with Crippen LogP contribution in [0.5, 0.6) is 11.5 Å². The minimum Gasteiger partial charge on any atom is -0.457 e. The minimum absolute atomic E-state index is 0.732. The molecular weight excluding hydrogens is 532 g/mol. The van der Waals surface area contributed by atoms with E-state index < -0.39 is 0 Å². The van der Waals surface area contributed by atoms with E-state index in [1.807, 2.05) is 61.2 Å². The molecule has 0 bridgehead atoms. The Morgan fingerprint density at radius 2 is 0.930 bits per heavy atom. The van der Waals surface area contributed by atoms with Gasteiger partial charge in [0.05, 0.1) is 33.1 Å². The van der Waals surface area contributed by atoms with Gasteiger partial charge in [-0.05, 0) is 83.6 Å². The molecule has 6 heterocycles. The van der Waals surface area contributed by atoms with Crippen LogP contribution in [0.3, 0.4) is 0 Å². The lowest BCUT2D eigenvalue weighted by molar-refractivity contribution is 0.484. The number of nitrogens with zero attached hydrogens (tertiary/aromatic N) is 6. The smallest absolute Gasteiger partial charge is 0.146 e. The van der Waals surface area contributed by atoms with E-state index >= 15 is 0 Å². The molecular formula is C36H20N6O. The predicted octanol–water partition coefficient (Wildman–Crippen LogP) is 8.48. The average Bonchev–Trinajstić information content (AvgIpc) is 3.65. The number of para-hydroxylation sites is 4. The number of aromatic nitrogens is 6. The standard InChI is InChI=1S/C36H20N6O/c1-3-7-33-29(5-1)39-35-25-17-21(9-11-23(25)27-19-37-15-13-31(27)41(33)35)43-22-10-12-24-26(18-22)36-40-30-6-2-4-8-34(30)42(36)32-14-16-38-20-28(24)32/h1-20H. The number of hydrogen-bond acceptors (Lipinski definition) is 5. The van der Waals surface area contributed by atoms with Gasteiger partial charge in [-0.1, -0.05) is 24.3 Å². The Bertz CT molecular complexity index is 2590. The second-order valence-corrected chi connectivity index (χ2v) is 10.8. The molecule has 4 aromatic carbocycles. The van der Waals surface area contributed by atoms with E-state index in [1.165, 1.54) is 0 Å². The maximum atomic E-state index is 6.56. The van der Waals surface area contributed by atoms with E-state index in [2.05, 4.69) is 79.4 Å². The maximum Gasteiger partial charge on any atom is 0.146 e. The summed E-state index contributed by atoms with van der Waals surface area (Å²) in [4.78, 5) is 18.9. The molecule has 0 aliphatic rings. The third-order valence-electron chi connectivity index (χ3n) is 8.48. The van der Waals surface area contributed by atoms with Crippen molar-refractivity contribution in [1.29, 1.82) is 0 Å². The van der Waals surface area contributed by atoms with Crippen molar-refractivity contribution in [3.8, 4) is 11.5 Å². The molecule has 0 spiro atoms. The molecule has 43 heavy (non-hydrogen) atoms. The maximum absolute atomic E-state index is 6.56. The lowest BCUT2D eigenvalue weighted by Crippen LogP contribution is -1.94. The van der Waals surface area contributed by atoms with Crippen molar-refractivity contribution in [2.45, 2.75) is 0 Å². The van der Waals surface area contributed by atoms with Crippen molar-refractivity contribution in [2.24, 2.45) is 0 Å². The van der Waals surface area contributed by atoms with E-state index in [9.17, 15) is 0 Å². The molecule has 0 unspecified atom stereocenters. The molecule has 6 aromatic heterocycles. The molecule has 0 aliphatic heterocycles. The topological polar surface area (TPSA) is 69.6 Å². The van der Waals surface area contributed by atoms with E-state index in [0.717, 1.165) is 88.2 Å². The molecule has 0 N–H and O–H groups in total. The number of ether oxygens (including phenoxy) is 1. The van der Waals surface area contributed by atoms with E-state index in [-0.39, 0.29) is 0 Å². The Morgan fingerprint density at radius 1 is 0.442 bits per heavy atom. The highest BCUT2D eigenvalue weighted by molar-refractivity contribution is 6.15. The Kier molecular flexibility index (Phi) is 4.33. The molecule has 0 atom stereocenters. The fraction of sp³-hybridized carbons (Fsp3) is 0. The van der Waals surface area contributed by atoms with Gasteiger partial charge in [-0.25, -0.2) is 9.97 Å². The number of hydrogen-bond donors (Lipinski definition) is 0. The van der Waals surface area contributed by atoms with Gasteiger partial charge >= 0.3 is 0 Å². The van der Waals surface area contributed by atoms with E-state index in [1.54, 1.807) is 0 Å². The largest absolute Gasteiger partial charge is 0.457 e. The van der Waals surface area contributed by atoms with Crippen molar-refractivity contribution >= 4 is 76.7 Å². The SMILES string of the molecule is c1ccc2c(c1)nc1c3cc(Oc4ccc5c6cnccc6n6c7ccccc7nc6c5c4)ccc3c3cnccc3n21. The zero-order valence-corrected chi connectivity index (χ0v) is 22.6. The second-order valence-electron chi connectivity index (χ2n) is 10.8. The summed E-state index contributed by atoms with van der Waals surface area (Å²) in [6, 6.07) is 33.0. The second kappa shape index (κ2) is 8.24. The molecule has 0 fully saturated rings. The normalized spacial score (nSPS) is 12.2. The minimum atomic E-state index is 0.732.